The highest BCUT2D eigenvalue weighted by Gasteiger charge is 2.38. The standard InChI is InChI=1S/2C13H21NO4/c1-5-17-12(15)11(13(16)18-6-2)10(8-14)7-9(3)4;1-4-18-13(17)11(5-6-12(15)16)10(8-14)7-9(2)3/h9-11H,5-7H2,1-4H3;9-11H,4-7H2,1-3H3,(H,15,16). The molecule has 0 aliphatic heterocycles. The highest BCUT2D eigenvalue weighted by molar-refractivity contribution is 5.95. The molecule has 0 radical (unpaired) electrons. The fourth-order valence-corrected chi connectivity index (χ4v) is 3.49. The molecule has 0 aliphatic rings. The third kappa shape index (κ3) is 15.0. The van der Waals surface area contributed by atoms with Gasteiger partial charge in [0.15, 0.2) is 5.92 Å². The predicted octanol–water partition coefficient (Wildman–Crippen LogP) is 4.13. The number of hydrogen-bond acceptors (Lipinski definition) is 9. The molecule has 0 spiro atoms. The smallest absolute Gasteiger partial charge is 0.321 e. The van der Waals surface area contributed by atoms with Crippen molar-refractivity contribution in [3.05, 3.63) is 0 Å². The third-order valence-corrected chi connectivity index (χ3v) is 5.01. The maximum atomic E-state index is 11.8. The summed E-state index contributed by atoms with van der Waals surface area (Å²) < 4.78 is 14.6. The molecule has 0 saturated carbocycles. The van der Waals surface area contributed by atoms with Gasteiger partial charge in [0.05, 0.1) is 49.7 Å². The van der Waals surface area contributed by atoms with Crippen molar-refractivity contribution in [2.24, 2.45) is 35.5 Å². The van der Waals surface area contributed by atoms with Crippen molar-refractivity contribution in [1.82, 2.24) is 0 Å². The summed E-state index contributed by atoms with van der Waals surface area (Å²) in [7, 11) is 0. The molecular formula is C26H42N2O8. The van der Waals surface area contributed by atoms with Gasteiger partial charge in [-0.3, -0.25) is 19.2 Å². The quantitative estimate of drug-likeness (QED) is 0.192. The second-order valence-corrected chi connectivity index (χ2v) is 9.00. The highest BCUT2D eigenvalue weighted by atomic mass is 16.6. The predicted molar refractivity (Wildman–Crippen MR) is 131 cm³/mol. The van der Waals surface area contributed by atoms with Crippen molar-refractivity contribution in [1.29, 1.82) is 10.5 Å². The average molecular weight is 511 g/mol. The summed E-state index contributed by atoms with van der Waals surface area (Å²) in [6.07, 6.45) is 1.05. The van der Waals surface area contributed by atoms with E-state index in [4.69, 9.17) is 29.8 Å². The maximum Gasteiger partial charge on any atom is 0.321 e. The number of carbonyl (C=O) groups is 4. The van der Waals surface area contributed by atoms with E-state index in [9.17, 15) is 19.2 Å². The second kappa shape index (κ2) is 20.1. The lowest BCUT2D eigenvalue weighted by molar-refractivity contribution is -0.163. The molecule has 1 N–H and O–H groups in total. The van der Waals surface area contributed by atoms with E-state index < -0.39 is 47.5 Å². The first-order valence-corrected chi connectivity index (χ1v) is 12.4. The third-order valence-electron chi connectivity index (χ3n) is 5.01. The Hall–Kier alpha value is -3.14. The molecule has 3 unspecified atom stereocenters. The molecule has 0 heterocycles. The normalized spacial score (nSPS) is 12.9. The van der Waals surface area contributed by atoms with Crippen LogP contribution in [0.5, 0.6) is 0 Å². The summed E-state index contributed by atoms with van der Waals surface area (Å²) in [6, 6.07) is 4.11. The van der Waals surface area contributed by atoms with Crippen LogP contribution in [0, 0.1) is 58.2 Å². The van der Waals surface area contributed by atoms with Gasteiger partial charge < -0.3 is 19.3 Å². The molecule has 3 atom stereocenters. The van der Waals surface area contributed by atoms with Gasteiger partial charge in [-0.2, -0.15) is 10.5 Å². The zero-order chi connectivity index (χ0) is 28.3. The van der Waals surface area contributed by atoms with Crippen molar-refractivity contribution in [2.75, 3.05) is 19.8 Å². The lowest BCUT2D eigenvalue weighted by Crippen LogP contribution is -2.34. The first-order valence-electron chi connectivity index (χ1n) is 12.4. The van der Waals surface area contributed by atoms with Crippen LogP contribution in [0.25, 0.3) is 0 Å². The van der Waals surface area contributed by atoms with Crippen molar-refractivity contribution < 1.29 is 38.5 Å². The Kier molecular flexibility index (Phi) is 19.5. The molecule has 204 valence electrons. The Morgan fingerprint density at radius 3 is 1.44 bits per heavy atom. The molecule has 0 rings (SSSR count). The molecule has 0 aromatic heterocycles. The minimum Gasteiger partial charge on any atom is -0.481 e. The second-order valence-electron chi connectivity index (χ2n) is 9.00. The molecule has 0 fully saturated rings. The van der Waals surface area contributed by atoms with E-state index in [1.807, 2.05) is 33.8 Å². The zero-order valence-electron chi connectivity index (χ0n) is 22.6. The minimum absolute atomic E-state index is 0.125. The number of ether oxygens (including phenoxy) is 3. The lowest BCUT2D eigenvalue weighted by atomic mass is 9.83. The van der Waals surface area contributed by atoms with Gasteiger partial charge in [-0.25, -0.2) is 0 Å². The molecule has 36 heavy (non-hydrogen) atoms. The van der Waals surface area contributed by atoms with E-state index in [1.165, 1.54) is 0 Å². The van der Waals surface area contributed by atoms with Crippen LogP contribution in [-0.4, -0.2) is 48.8 Å². The number of aliphatic carboxylic acids is 1. The van der Waals surface area contributed by atoms with Crippen LogP contribution in [0.3, 0.4) is 0 Å². The first-order chi connectivity index (χ1) is 16.9. The number of carboxylic acids is 1. The van der Waals surface area contributed by atoms with E-state index in [2.05, 4.69) is 6.07 Å². The Labute approximate surface area is 214 Å². The Bertz CT molecular complexity index is 749. The fraction of sp³-hybridized carbons (Fsp3) is 0.769. The number of carboxylic acid groups (broad SMARTS) is 1. The average Bonchev–Trinajstić information content (AvgIpc) is 2.78. The van der Waals surface area contributed by atoms with Crippen LogP contribution >= 0.6 is 0 Å². The van der Waals surface area contributed by atoms with Gasteiger partial charge in [-0.05, 0) is 51.9 Å². The summed E-state index contributed by atoms with van der Waals surface area (Å²) in [5.41, 5.74) is 0. The van der Waals surface area contributed by atoms with E-state index in [0.29, 0.717) is 12.8 Å². The molecule has 0 aromatic carbocycles. The largest absolute Gasteiger partial charge is 0.481 e. The molecular weight excluding hydrogens is 468 g/mol. The van der Waals surface area contributed by atoms with Crippen molar-refractivity contribution in [2.45, 2.75) is 74.1 Å². The van der Waals surface area contributed by atoms with Gasteiger partial charge >= 0.3 is 23.9 Å². The Morgan fingerprint density at radius 1 is 0.722 bits per heavy atom. The van der Waals surface area contributed by atoms with E-state index in [1.54, 1.807) is 20.8 Å². The number of esters is 3. The lowest BCUT2D eigenvalue weighted by Gasteiger charge is -2.21. The van der Waals surface area contributed by atoms with Gasteiger partial charge in [0, 0.05) is 6.42 Å². The van der Waals surface area contributed by atoms with Crippen LogP contribution in [0.15, 0.2) is 0 Å². The van der Waals surface area contributed by atoms with Gasteiger partial charge in [-0.1, -0.05) is 27.7 Å². The van der Waals surface area contributed by atoms with E-state index >= 15 is 0 Å². The summed E-state index contributed by atoms with van der Waals surface area (Å²) >= 11 is 0. The summed E-state index contributed by atoms with van der Waals surface area (Å²) in [5.74, 6) is -5.28. The van der Waals surface area contributed by atoms with Crippen LogP contribution in [0.4, 0.5) is 0 Å². The van der Waals surface area contributed by atoms with Crippen LogP contribution < -0.4 is 0 Å². The van der Waals surface area contributed by atoms with Crippen molar-refractivity contribution in [3.63, 3.8) is 0 Å². The van der Waals surface area contributed by atoms with Gasteiger partial charge in [-0.15, -0.1) is 0 Å². The molecule has 0 aliphatic carbocycles. The zero-order valence-corrected chi connectivity index (χ0v) is 22.6. The highest BCUT2D eigenvalue weighted by Crippen LogP contribution is 2.26. The van der Waals surface area contributed by atoms with E-state index in [0.717, 1.165) is 0 Å². The SMILES string of the molecule is CCOC(=O)C(C(=O)OCC)C(C#N)CC(C)C.CCOC(=O)C(CCC(=O)O)C(C#N)CC(C)C. The molecule has 0 bridgehead atoms. The Balaban J connectivity index is 0. The molecule has 10 heteroatoms. The van der Waals surface area contributed by atoms with Crippen LogP contribution in [0.2, 0.25) is 0 Å². The number of nitriles is 2. The summed E-state index contributed by atoms with van der Waals surface area (Å²) in [4.78, 5) is 45.9. The molecule has 0 saturated heterocycles. The van der Waals surface area contributed by atoms with Gasteiger partial charge in [0.25, 0.3) is 0 Å². The van der Waals surface area contributed by atoms with Crippen molar-refractivity contribution >= 4 is 23.9 Å². The van der Waals surface area contributed by atoms with E-state index in [-0.39, 0.29) is 44.5 Å². The van der Waals surface area contributed by atoms with Crippen LogP contribution in [-0.2, 0) is 33.4 Å². The van der Waals surface area contributed by atoms with Gasteiger partial charge in [0.2, 0.25) is 0 Å². The number of hydrogen-bond donors (Lipinski definition) is 1. The molecule has 0 aromatic rings. The monoisotopic (exact) mass is 510 g/mol. The maximum absolute atomic E-state index is 11.8. The Morgan fingerprint density at radius 2 is 1.11 bits per heavy atom. The number of rotatable bonds is 15. The topological polar surface area (TPSA) is 164 Å². The summed E-state index contributed by atoms with van der Waals surface area (Å²) in [6.45, 7) is 13.4. The number of carbonyl (C=O) groups excluding carboxylic acids is 3. The van der Waals surface area contributed by atoms with Crippen molar-refractivity contribution in [3.8, 4) is 12.1 Å². The van der Waals surface area contributed by atoms with Gasteiger partial charge in [0.1, 0.15) is 0 Å². The fourth-order valence-electron chi connectivity index (χ4n) is 3.49. The first kappa shape index (κ1) is 35.0. The van der Waals surface area contributed by atoms with Crippen LogP contribution in [0.1, 0.15) is 74.1 Å². The molecule has 0 amide bonds. The summed E-state index contributed by atoms with van der Waals surface area (Å²) in [5, 5.41) is 26.9. The minimum atomic E-state index is -1.14. The molecule has 10 nitrogen and oxygen atoms in total. The number of nitrogens with zero attached hydrogens (tertiary/aromatic N) is 2.